The van der Waals surface area contributed by atoms with E-state index in [2.05, 4.69) is 5.32 Å². The fourth-order valence-electron chi connectivity index (χ4n) is 4.01. The summed E-state index contributed by atoms with van der Waals surface area (Å²) in [5, 5.41) is 12.3. The Hall–Kier alpha value is -1.88. The third-order valence-corrected chi connectivity index (χ3v) is 5.24. The second-order valence-corrected chi connectivity index (χ2v) is 6.96. The maximum atomic E-state index is 12.3. The molecule has 1 aliphatic carbocycles. The number of nitrogens with one attached hydrogen (secondary N) is 1. The molecule has 2 fully saturated rings. The third-order valence-electron chi connectivity index (χ3n) is 5.24. The van der Waals surface area contributed by atoms with Gasteiger partial charge in [0.1, 0.15) is 0 Å². The molecular weight excluding hydrogens is 306 g/mol. The molecule has 24 heavy (non-hydrogen) atoms. The van der Waals surface area contributed by atoms with Crippen molar-refractivity contribution in [2.75, 3.05) is 6.61 Å². The molecule has 130 valence electrons. The smallest absolute Gasteiger partial charge is 0.335 e. The van der Waals surface area contributed by atoms with Crippen LogP contribution in [0.5, 0.6) is 0 Å². The first-order chi connectivity index (χ1) is 11.6. The largest absolute Gasteiger partial charge is 0.478 e. The molecule has 1 amide bonds. The Labute approximate surface area is 142 Å². The van der Waals surface area contributed by atoms with Crippen LogP contribution in [0.15, 0.2) is 24.3 Å². The minimum absolute atomic E-state index is 0.00441. The average molecular weight is 331 g/mol. The summed E-state index contributed by atoms with van der Waals surface area (Å²) in [5.41, 5.74) is 0.979. The molecule has 1 aliphatic heterocycles. The molecule has 1 aromatic carbocycles. The number of carboxylic acid groups (broad SMARTS) is 1. The molecule has 5 heteroatoms. The lowest BCUT2D eigenvalue weighted by Crippen LogP contribution is -2.47. The molecule has 1 atom stereocenters. The van der Waals surface area contributed by atoms with Crippen LogP contribution in [0.25, 0.3) is 0 Å². The number of carbonyl (C=O) groups excluding carboxylic acids is 1. The highest BCUT2D eigenvalue weighted by Gasteiger charge is 2.40. The lowest BCUT2D eigenvalue weighted by Gasteiger charge is -2.38. The number of amides is 1. The second-order valence-electron chi connectivity index (χ2n) is 6.96. The molecular formula is C19H25NO4. The van der Waals surface area contributed by atoms with E-state index in [1.54, 1.807) is 18.2 Å². The fourth-order valence-corrected chi connectivity index (χ4v) is 4.01. The lowest BCUT2D eigenvalue weighted by atomic mass is 9.89. The van der Waals surface area contributed by atoms with E-state index in [-0.39, 0.29) is 23.1 Å². The maximum Gasteiger partial charge on any atom is 0.335 e. The standard InChI is InChI=1S/C19H25NO4/c21-17(8-7-14-5-1-2-6-16(14)18(22)23)20-15-9-12-24-19(13-15)10-3-4-11-19/h1-2,5-6,15H,3-4,7-13H2,(H,20,21)(H,22,23). The Balaban J connectivity index is 1.52. The van der Waals surface area contributed by atoms with Crippen LogP contribution in [-0.2, 0) is 16.0 Å². The first-order valence-electron chi connectivity index (χ1n) is 8.82. The van der Waals surface area contributed by atoms with E-state index in [0.29, 0.717) is 25.0 Å². The number of carboxylic acids is 1. The summed E-state index contributed by atoms with van der Waals surface area (Å²) in [6.07, 6.45) is 7.16. The van der Waals surface area contributed by atoms with Crippen molar-refractivity contribution >= 4 is 11.9 Å². The fraction of sp³-hybridized carbons (Fsp3) is 0.579. The van der Waals surface area contributed by atoms with Crippen molar-refractivity contribution in [2.24, 2.45) is 0 Å². The van der Waals surface area contributed by atoms with Crippen LogP contribution in [-0.4, -0.2) is 35.2 Å². The number of aryl methyl sites for hydroxylation is 1. The summed E-state index contributed by atoms with van der Waals surface area (Å²) in [4.78, 5) is 23.5. The predicted molar refractivity (Wildman–Crippen MR) is 90.0 cm³/mol. The van der Waals surface area contributed by atoms with Crippen LogP contribution in [0.4, 0.5) is 0 Å². The van der Waals surface area contributed by atoms with Crippen molar-refractivity contribution in [2.45, 2.75) is 63.0 Å². The molecule has 5 nitrogen and oxygen atoms in total. The van der Waals surface area contributed by atoms with Crippen molar-refractivity contribution in [3.63, 3.8) is 0 Å². The maximum absolute atomic E-state index is 12.3. The van der Waals surface area contributed by atoms with E-state index in [1.165, 1.54) is 12.8 Å². The van der Waals surface area contributed by atoms with Crippen molar-refractivity contribution in [1.29, 1.82) is 0 Å². The Bertz CT molecular complexity index is 607. The molecule has 2 aliphatic rings. The van der Waals surface area contributed by atoms with E-state index >= 15 is 0 Å². The van der Waals surface area contributed by atoms with Gasteiger partial charge in [-0.3, -0.25) is 4.79 Å². The molecule has 1 aromatic rings. The molecule has 0 bridgehead atoms. The first-order valence-corrected chi connectivity index (χ1v) is 8.82. The molecule has 0 radical (unpaired) electrons. The number of aromatic carboxylic acids is 1. The molecule has 1 unspecified atom stereocenters. The van der Waals surface area contributed by atoms with Crippen LogP contribution in [0.3, 0.4) is 0 Å². The first kappa shape index (κ1) is 17.0. The number of rotatable bonds is 5. The van der Waals surface area contributed by atoms with Gasteiger partial charge in [0.2, 0.25) is 5.91 Å². The summed E-state index contributed by atoms with van der Waals surface area (Å²) >= 11 is 0. The molecule has 0 aromatic heterocycles. The zero-order valence-electron chi connectivity index (χ0n) is 13.9. The van der Waals surface area contributed by atoms with Crippen LogP contribution in [0, 0.1) is 0 Å². The van der Waals surface area contributed by atoms with Crippen molar-refractivity contribution in [3.8, 4) is 0 Å². The minimum Gasteiger partial charge on any atom is -0.478 e. The topological polar surface area (TPSA) is 75.6 Å². The van der Waals surface area contributed by atoms with Crippen LogP contribution < -0.4 is 5.32 Å². The van der Waals surface area contributed by atoms with Crippen LogP contribution >= 0.6 is 0 Å². The van der Waals surface area contributed by atoms with Gasteiger partial charge in [-0.2, -0.15) is 0 Å². The van der Waals surface area contributed by atoms with Gasteiger partial charge >= 0.3 is 5.97 Å². The SMILES string of the molecule is O=C(CCc1ccccc1C(=O)O)NC1CCOC2(CCCC2)C1. The van der Waals surface area contributed by atoms with Crippen LogP contribution in [0.1, 0.15) is 60.9 Å². The molecule has 3 rings (SSSR count). The van der Waals surface area contributed by atoms with Gasteiger partial charge in [-0.15, -0.1) is 0 Å². The molecule has 2 N–H and O–H groups in total. The van der Waals surface area contributed by atoms with Gasteiger partial charge in [0, 0.05) is 19.1 Å². The Kier molecular flexibility index (Phi) is 5.19. The van der Waals surface area contributed by atoms with E-state index in [1.807, 2.05) is 6.07 Å². The summed E-state index contributed by atoms with van der Waals surface area (Å²) in [5.74, 6) is -0.950. The zero-order valence-corrected chi connectivity index (χ0v) is 13.9. The van der Waals surface area contributed by atoms with Crippen LogP contribution in [0.2, 0.25) is 0 Å². The minimum atomic E-state index is -0.946. The Morgan fingerprint density at radius 1 is 1.25 bits per heavy atom. The predicted octanol–water partition coefficient (Wildman–Crippen LogP) is 2.93. The summed E-state index contributed by atoms with van der Waals surface area (Å²) < 4.78 is 5.99. The van der Waals surface area contributed by atoms with Crippen molar-refractivity contribution in [3.05, 3.63) is 35.4 Å². The van der Waals surface area contributed by atoms with Gasteiger partial charge in [0.15, 0.2) is 0 Å². The highest BCUT2D eigenvalue weighted by atomic mass is 16.5. The highest BCUT2D eigenvalue weighted by Crippen LogP contribution is 2.39. The van der Waals surface area contributed by atoms with E-state index in [9.17, 15) is 14.7 Å². The normalized spacial score (nSPS) is 22.4. The van der Waals surface area contributed by atoms with Gasteiger partial charge < -0.3 is 15.2 Å². The number of ether oxygens (including phenoxy) is 1. The number of hydrogen-bond acceptors (Lipinski definition) is 3. The van der Waals surface area contributed by atoms with Crippen molar-refractivity contribution < 1.29 is 19.4 Å². The Morgan fingerprint density at radius 3 is 2.75 bits per heavy atom. The van der Waals surface area contributed by atoms with Gasteiger partial charge in [0.05, 0.1) is 11.2 Å². The summed E-state index contributed by atoms with van der Waals surface area (Å²) in [6, 6.07) is 7.05. The quantitative estimate of drug-likeness (QED) is 0.870. The summed E-state index contributed by atoms with van der Waals surface area (Å²) in [7, 11) is 0. The number of benzene rings is 1. The average Bonchev–Trinajstić information content (AvgIpc) is 3.00. The lowest BCUT2D eigenvalue weighted by molar-refractivity contribution is -0.125. The van der Waals surface area contributed by atoms with E-state index in [4.69, 9.17) is 4.74 Å². The highest BCUT2D eigenvalue weighted by molar-refractivity contribution is 5.89. The van der Waals surface area contributed by atoms with Gasteiger partial charge in [0.25, 0.3) is 0 Å². The monoisotopic (exact) mass is 331 g/mol. The van der Waals surface area contributed by atoms with Gasteiger partial charge in [-0.1, -0.05) is 31.0 Å². The molecule has 1 spiro atoms. The zero-order chi connectivity index (χ0) is 17.0. The molecule has 1 saturated carbocycles. The van der Waals surface area contributed by atoms with E-state index < -0.39 is 5.97 Å². The second kappa shape index (κ2) is 7.34. The van der Waals surface area contributed by atoms with E-state index in [0.717, 1.165) is 25.7 Å². The Morgan fingerprint density at radius 2 is 2.00 bits per heavy atom. The number of hydrogen-bond donors (Lipinski definition) is 2. The summed E-state index contributed by atoms with van der Waals surface area (Å²) in [6.45, 7) is 0.715. The molecule has 1 saturated heterocycles. The van der Waals surface area contributed by atoms with Crippen molar-refractivity contribution in [1.82, 2.24) is 5.32 Å². The number of carbonyl (C=O) groups is 2. The van der Waals surface area contributed by atoms with Gasteiger partial charge in [-0.05, 0) is 43.7 Å². The third kappa shape index (κ3) is 3.96. The molecule has 1 heterocycles. The van der Waals surface area contributed by atoms with Gasteiger partial charge in [-0.25, -0.2) is 4.79 Å².